The predicted octanol–water partition coefficient (Wildman–Crippen LogP) is 0.0122. The van der Waals surface area contributed by atoms with Crippen LogP contribution in [0, 0.1) is 0 Å². The molecule has 0 saturated heterocycles. The monoisotopic (exact) mass is 220 g/mol. The van der Waals surface area contributed by atoms with E-state index in [-0.39, 0.29) is 0 Å². The molecule has 0 saturated carbocycles. The van der Waals surface area contributed by atoms with Gasteiger partial charge in [0, 0.05) is 50.0 Å². The number of aromatic nitrogens is 4. The molecular weight excluding hydrogens is 204 g/mol. The SMILES string of the molecule is c1ncc(CNCCNCc2cnc[nH]2)[nH]1. The molecule has 0 amide bonds. The van der Waals surface area contributed by atoms with E-state index in [4.69, 9.17) is 0 Å². The first-order valence-corrected chi connectivity index (χ1v) is 5.31. The summed E-state index contributed by atoms with van der Waals surface area (Å²) >= 11 is 0. The molecule has 6 nitrogen and oxygen atoms in total. The number of imidazole rings is 2. The fourth-order valence-corrected chi connectivity index (χ4v) is 1.39. The summed E-state index contributed by atoms with van der Waals surface area (Å²) in [5, 5.41) is 6.62. The fourth-order valence-electron chi connectivity index (χ4n) is 1.39. The molecule has 2 rings (SSSR count). The van der Waals surface area contributed by atoms with Gasteiger partial charge in [-0.15, -0.1) is 0 Å². The quantitative estimate of drug-likeness (QED) is 0.496. The van der Waals surface area contributed by atoms with Crippen molar-refractivity contribution in [2.45, 2.75) is 13.1 Å². The number of hydrogen-bond donors (Lipinski definition) is 4. The second-order valence-electron chi connectivity index (χ2n) is 3.51. The maximum absolute atomic E-state index is 3.95. The molecule has 16 heavy (non-hydrogen) atoms. The lowest BCUT2D eigenvalue weighted by Crippen LogP contribution is -2.26. The van der Waals surface area contributed by atoms with Crippen LogP contribution in [0.1, 0.15) is 11.4 Å². The standard InChI is InChI=1S/C10H16N6/c1(11-3-9-5-13-7-15-9)2-12-4-10-6-14-8-16-10/h5-8,11-12H,1-4H2,(H,13,15)(H,14,16). The fraction of sp³-hybridized carbons (Fsp3) is 0.400. The molecule has 0 aliphatic heterocycles. The number of rotatable bonds is 7. The lowest BCUT2D eigenvalue weighted by molar-refractivity contribution is 0.603. The summed E-state index contributed by atoms with van der Waals surface area (Å²) in [6.45, 7) is 3.50. The Balaban J connectivity index is 1.49. The first-order valence-electron chi connectivity index (χ1n) is 5.31. The zero-order valence-corrected chi connectivity index (χ0v) is 9.03. The second-order valence-corrected chi connectivity index (χ2v) is 3.51. The average Bonchev–Trinajstić information content (AvgIpc) is 2.96. The van der Waals surface area contributed by atoms with Crippen LogP contribution in [-0.2, 0) is 13.1 Å². The first kappa shape index (κ1) is 10.8. The number of hydrogen-bond acceptors (Lipinski definition) is 4. The van der Waals surface area contributed by atoms with Crippen LogP contribution in [0.3, 0.4) is 0 Å². The highest BCUT2D eigenvalue weighted by Gasteiger charge is 1.94. The van der Waals surface area contributed by atoms with Crippen molar-refractivity contribution in [2.24, 2.45) is 0 Å². The lowest BCUT2D eigenvalue weighted by atomic mass is 10.4. The molecule has 0 atom stereocenters. The van der Waals surface area contributed by atoms with Gasteiger partial charge in [-0.2, -0.15) is 0 Å². The molecule has 2 heterocycles. The van der Waals surface area contributed by atoms with Crippen molar-refractivity contribution in [3.8, 4) is 0 Å². The first-order chi connectivity index (χ1) is 7.95. The minimum atomic E-state index is 0.825. The molecule has 2 aromatic rings. The van der Waals surface area contributed by atoms with Gasteiger partial charge < -0.3 is 20.6 Å². The normalized spacial score (nSPS) is 10.8. The van der Waals surface area contributed by atoms with Crippen molar-refractivity contribution >= 4 is 0 Å². The van der Waals surface area contributed by atoms with Gasteiger partial charge in [0.15, 0.2) is 0 Å². The molecule has 86 valence electrons. The molecular formula is C10H16N6. The molecule has 0 spiro atoms. The van der Waals surface area contributed by atoms with Gasteiger partial charge in [-0.25, -0.2) is 9.97 Å². The van der Waals surface area contributed by atoms with E-state index in [2.05, 4.69) is 30.6 Å². The second kappa shape index (κ2) is 6.04. The highest BCUT2D eigenvalue weighted by Crippen LogP contribution is 1.89. The van der Waals surface area contributed by atoms with Gasteiger partial charge >= 0.3 is 0 Å². The maximum atomic E-state index is 3.95. The lowest BCUT2D eigenvalue weighted by Gasteiger charge is -2.04. The summed E-state index contributed by atoms with van der Waals surface area (Å²) in [7, 11) is 0. The molecule has 0 unspecified atom stereocenters. The maximum Gasteiger partial charge on any atom is 0.0922 e. The van der Waals surface area contributed by atoms with E-state index >= 15 is 0 Å². The van der Waals surface area contributed by atoms with Crippen molar-refractivity contribution in [1.29, 1.82) is 0 Å². The Kier molecular flexibility index (Phi) is 4.09. The zero-order valence-electron chi connectivity index (χ0n) is 9.03. The van der Waals surface area contributed by atoms with E-state index < -0.39 is 0 Å². The summed E-state index contributed by atoms with van der Waals surface area (Å²) in [6, 6.07) is 0. The van der Waals surface area contributed by atoms with Gasteiger partial charge in [-0.05, 0) is 0 Å². The molecule has 0 fully saturated rings. The van der Waals surface area contributed by atoms with Crippen molar-refractivity contribution in [3.63, 3.8) is 0 Å². The van der Waals surface area contributed by atoms with Crippen molar-refractivity contribution < 1.29 is 0 Å². The average molecular weight is 220 g/mol. The van der Waals surface area contributed by atoms with Crippen LogP contribution in [0.15, 0.2) is 25.0 Å². The Morgan fingerprint density at radius 3 is 1.75 bits per heavy atom. The molecule has 0 aliphatic carbocycles. The van der Waals surface area contributed by atoms with Crippen molar-refractivity contribution in [1.82, 2.24) is 30.6 Å². The Hall–Kier alpha value is -1.66. The number of H-pyrrole nitrogens is 2. The molecule has 4 N–H and O–H groups in total. The van der Waals surface area contributed by atoms with Crippen molar-refractivity contribution in [2.75, 3.05) is 13.1 Å². The van der Waals surface area contributed by atoms with E-state index in [1.807, 2.05) is 12.4 Å². The van der Waals surface area contributed by atoms with E-state index in [1.165, 1.54) is 0 Å². The predicted molar refractivity (Wildman–Crippen MR) is 60.6 cm³/mol. The summed E-state index contributed by atoms with van der Waals surface area (Å²) in [5.41, 5.74) is 2.21. The molecule has 6 heteroatoms. The number of nitrogens with one attached hydrogen (secondary N) is 4. The molecule has 0 radical (unpaired) electrons. The van der Waals surface area contributed by atoms with Gasteiger partial charge in [-0.1, -0.05) is 0 Å². The van der Waals surface area contributed by atoms with Crippen LogP contribution >= 0.6 is 0 Å². The molecule has 2 aromatic heterocycles. The highest BCUT2D eigenvalue weighted by molar-refractivity contribution is 4.94. The van der Waals surface area contributed by atoms with Crippen LogP contribution in [0.4, 0.5) is 0 Å². The third kappa shape index (κ3) is 3.48. The zero-order chi connectivity index (χ0) is 11.1. The third-order valence-corrected chi connectivity index (χ3v) is 2.22. The highest BCUT2D eigenvalue weighted by atomic mass is 15.0. The Morgan fingerprint density at radius 1 is 0.875 bits per heavy atom. The molecule has 0 aliphatic rings. The van der Waals surface area contributed by atoms with Gasteiger partial charge in [-0.3, -0.25) is 0 Å². The molecule has 0 bridgehead atoms. The van der Waals surface area contributed by atoms with E-state index in [0.29, 0.717) is 0 Å². The summed E-state index contributed by atoms with van der Waals surface area (Å²) in [5.74, 6) is 0. The third-order valence-electron chi connectivity index (χ3n) is 2.22. The summed E-state index contributed by atoms with van der Waals surface area (Å²) in [6.07, 6.45) is 7.02. The van der Waals surface area contributed by atoms with E-state index in [9.17, 15) is 0 Å². The van der Waals surface area contributed by atoms with Crippen LogP contribution in [0.5, 0.6) is 0 Å². The minimum absolute atomic E-state index is 0.825. The van der Waals surface area contributed by atoms with E-state index in [0.717, 1.165) is 37.6 Å². The smallest absolute Gasteiger partial charge is 0.0922 e. The number of aromatic amines is 2. The van der Waals surface area contributed by atoms with Crippen LogP contribution in [-0.4, -0.2) is 33.0 Å². The van der Waals surface area contributed by atoms with E-state index in [1.54, 1.807) is 12.7 Å². The van der Waals surface area contributed by atoms with Gasteiger partial charge in [0.05, 0.1) is 12.7 Å². The molecule has 0 aromatic carbocycles. The van der Waals surface area contributed by atoms with Gasteiger partial charge in [0.1, 0.15) is 0 Å². The largest absolute Gasteiger partial charge is 0.347 e. The van der Waals surface area contributed by atoms with Crippen LogP contribution < -0.4 is 10.6 Å². The minimum Gasteiger partial charge on any atom is -0.347 e. The van der Waals surface area contributed by atoms with Crippen LogP contribution in [0.2, 0.25) is 0 Å². The Bertz CT molecular complexity index is 328. The van der Waals surface area contributed by atoms with Gasteiger partial charge in [0.25, 0.3) is 0 Å². The van der Waals surface area contributed by atoms with Crippen molar-refractivity contribution in [3.05, 3.63) is 36.4 Å². The topological polar surface area (TPSA) is 81.4 Å². The summed E-state index contributed by atoms with van der Waals surface area (Å²) < 4.78 is 0. The Morgan fingerprint density at radius 2 is 1.38 bits per heavy atom. The van der Waals surface area contributed by atoms with Crippen LogP contribution in [0.25, 0.3) is 0 Å². The number of nitrogens with zero attached hydrogens (tertiary/aromatic N) is 2. The van der Waals surface area contributed by atoms with Gasteiger partial charge in [0.2, 0.25) is 0 Å². The Labute approximate surface area is 93.9 Å². The summed E-state index contributed by atoms with van der Waals surface area (Å²) in [4.78, 5) is 14.0.